The maximum Gasteiger partial charge on any atom is 0.239 e. The normalized spacial score (nSPS) is 22.1. The summed E-state index contributed by atoms with van der Waals surface area (Å²) in [6.07, 6.45) is 8.06. The maximum absolute atomic E-state index is 13.4. The van der Waals surface area contributed by atoms with Crippen LogP contribution < -0.4 is 5.32 Å². The molecule has 1 atom stereocenters. The number of aliphatic imine (C=N–C) groups is 1. The van der Waals surface area contributed by atoms with Crippen molar-refractivity contribution >= 4 is 17.2 Å². The van der Waals surface area contributed by atoms with Gasteiger partial charge in [-0.3, -0.25) is 9.79 Å². The summed E-state index contributed by atoms with van der Waals surface area (Å²) in [7, 11) is 0. The van der Waals surface area contributed by atoms with Gasteiger partial charge in [-0.25, -0.2) is 8.78 Å². The Bertz CT molecular complexity index is 760. The highest BCUT2D eigenvalue weighted by Crippen LogP contribution is 2.30. The number of rotatable bonds is 4. The quantitative estimate of drug-likeness (QED) is 0.923. The first-order valence-electron chi connectivity index (χ1n) is 8.05. The number of amides is 1. The molecule has 3 aliphatic rings. The zero-order valence-electron chi connectivity index (χ0n) is 13.0. The predicted molar refractivity (Wildman–Crippen MR) is 87.2 cm³/mol. The average molecular weight is 329 g/mol. The Kier molecular flexibility index (Phi) is 3.67. The third-order valence-electron chi connectivity index (χ3n) is 4.46. The third-order valence-corrected chi connectivity index (χ3v) is 4.46. The number of nitrogens with one attached hydrogen (secondary N) is 1. The Morgan fingerprint density at radius 1 is 1.25 bits per heavy atom. The van der Waals surface area contributed by atoms with Gasteiger partial charge in [-0.05, 0) is 42.2 Å². The van der Waals surface area contributed by atoms with Crippen molar-refractivity contribution in [2.45, 2.75) is 31.3 Å². The second kappa shape index (κ2) is 5.85. The Morgan fingerprint density at radius 2 is 2.00 bits per heavy atom. The van der Waals surface area contributed by atoms with Crippen molar-refractivity contribution in [3.63, 3.8) is 0 Å². The summed E-state index contributed by atoms with van der Waals surface area (Å²) in [5, 5.41) is 2.97. The second-order valence-electron chi connectivity index (χ2n) is 6.42. The Balaban J connectivity index is 1.49. The van der Waals surface area contributed by atoms with Gasteiger partial charge in [0.15, 0.2) is 0 Å². The second-order valence-corrected chi connectivity index (χ2v) is 6.42. The first-order chi connectivity index (χ1) is 11.6. The lowest BCUT2D eigenvalue weighted by Gasteiger charge is -2.28. The number of benzene rings is 1. The van der Waals surface area contributed by atoms with Crippen molar-refractivity contribution in [1.29, 1.82) is 0 Å². The van der Waals surface area contributed by atoms with Gasteiger partial charge in [0.2, 0.25) is 5.91 Å². The lowest BCUT2D eigenvalue weighted by Crippen LogP contribution is -2.41. The number of hydrogen-bond acceptors (Lipinski definition) is 3. The number of halogens is 2. The van der Waals surface area contributed by atoms with Crippen molar-refractivity contribution in [3.8, 4) is 0 Å². The topological polar surface area (TPSA) is 44.7 Å². The van der Waals surface area contributed by atoms with Crippen LogP contribution in [-0.4, -0.2) is 35.1 Å². The van der Waals surface area contributed by atoms with E-state index < -0.39 is 11.6 Å². The number of nitrogens with zero attached hydrogens (tertiary/aromatic N) is 2. The van der Waals surface area contributed by atoms with Gasteiger partial charge < -0.3 is 10.2 Å². The van der Waals surface area contributed by atoms with E-state index in [0.29, 0.717) is 18.0 Å². The zero-order chi connectivity index (χ0) is 16.7. The molecule has 6 heteroatoms. The van der Waals surface area contributed by atoms with Crippen LogP contribution in [0.4, 0.5) is 8.78 Å². The van der Waals surface area contributed by atoms with E-state index in [1.807, 2.05) is 17.2 Å². The van der Waals surface area contributed by atoms with E-state index in [2.05, 4.69) is 10.3 Å². The molecule has 2 heterocycles. The van der Waals surface area contributed by atoms with Crippen LogP contribution in [0.25, 0.3) is 5.57 Å². The molecular formula is C18H17F2N3O. The molecule has 1 aromatic carbocycles. The number of carbonyl (C=O) groups excluding carboxylic acids is 1. The molecule has 1 amide bonds. The number of carbonyl (C=O) groups is 1. The Hall–Kier alpha value is -2.50. The molecule has 124 valence electrons. The summed E-state index contributed by atoms with van der Waals surface area (Å²) < 4.78 is 26.9. The van der Waals surface area contributed by atoms with E-state index in [-0.39, 0.29) is 18.5 Å². The van der Waals surface area contributed by atoms with E-state index in [1.165, 1.54) is 12.1 Å². The first-order valence-corrected chi connectivity index (χ1v) is 8.05. The van der Waals surface area contributed by atoms with E-state index >= 15 is 0 Å². The minimum absolute atomic E-state index is 0.00342. The van der Waals surface area contributed by atoms with E-state index in [9.17, 15) is 13.6 Å². The smallest absolute Gasteiger partial charge is 0.239 e. The summed E-state index contributed by atoms with van der Waals surface area (Å²) in [6.45, 7) is 0.265. The maximum atomic E-state index is 13.4. The molecular weight excluding hydrogens is 312 g/mol. The average Bonchev–Trinajstić information content (AvgIpc) is 3.26. The molecule has 1 N–H and O–H groups in total. The fourth-order valence-corrected chi connectivity index (χ4v) is 3.08. The van der Waals surface area contributed by atoms with Gasteiger partial charge in [-0.1, -0.05) is 0 Å². The molecule has 2 aliphatic heterocycles. The molecule has 1 aliphatic carbocycles. The first kappa shape index (κ1) is 15.1. The third kappa shape index (κ3) is 3.09. The molecule has 0 aromatic heterocycles. The fourth-order valence-electron chi connectivity index (χ4n) is 3.08. The fraction of sp³-hybridized carbons (Fsp3) is 0.333. The molecule has 0 saturated heterocycles. The van der Waals surface area contributed by atoms with Crippen molar-refractivity contribution in [1.82, 2.24) is 10.2 Å². The highest BCUT2D eigenvalue weighted by atomic mass is 19.1. The Morgan fingerprint density at radius 3 is 2.71 bits per heavy atom. The molecule has 4 nitrogen and oxygen atoms in total. The van der Waals surface area contributed by atoms with E-state index in [4.69, 9.17) is 0 Å². The van der Waals surface area contributed by atoms with Gasteiger partial charge in [0.05, 0.1) is 18.3 Å². The molecule has 1 fully saturated rings. The molecule has 1 unspecified atom stereocenters. The van der Waals surface area contributed by atoms with Gasteiger partial charge in [0.25, 0.3) is 0 Å². The SMILES string of the molecule is O=C(CN1C=CC2=NC=C(c3cc(F)cc(F)c3)CC21)NC1CC1. The largest absolute Gasteiger partial charge is 0.359 e. The number of hydrogen-bond donors (Lipinski definition) is 1. The summed E-state index contributed by atoms with van der Waals surface area (Å²) in [4.78, 5) is 18.3. The zero-order valence-corrected chi connectivity index (χ0v) is 13.0. The molecule has 1 aromatic rings. The van der Waals surface area contributed by atoms with Crippen LogP contribution >= 0.6 is 0 Å². The van der Waals surface area contributed by atoms with Crippen LogP contribution in [0.5, 0.6) is 0 Å². The monoisotopic (exact) mass is 329 g/mol. The van der Waals surface area contributed by atoms with Gasteiger partial charge in [0, 0.05) is 30.9 Å². The molecule has 1 saturated carbocycles. The standard InChI is InChI=1S/C18H17F2N3O/c19-13-5-11(6-14(20)8-13)12-7-17-16(21-9-12)3-4-23(17)10-18(24)22-15-1-2-15/h3-6,8-9,15,17H,1-2,7,10H2,(H,22,24). The summed E-state index contributed by atoms with van der Waals surface area (Å²) in [5.41, 5.74) is 2.12. The van der Waals surface area contributed by atoms with Crippen LogP contribution in [0.3, 0.4) is 0 Å². The van der Waals surface area contributed by atoms with Crippen molar-refractivity contribution in [2.24, 2.45) is 4.99 Å². The minimum atomic E-state index is -0.606. The summed E-state index contributed by atoms with van der Waals surface area (Å²) in [5.74, 6) is -1.21. The lowest BCUT2D eigenvalue weighted by atomic mass is 9.95. The van der Waals surface area contributed by atoms with Crippen molar-refractivity contribution in [2.75, 3.05) is 6.54 Å². The highest BCUT2D eigenvalue weighted by molar-refractivity contribution is 6.04. The van der Waals surface area contributed by atoms with Crippen LogP contribution in [0.1, 0.15) is 24.8 Å². The lowest BCUT2D eigenvalue weighted by molar-refractivity contribution is -0.121. The van der Waals surface area contributed by atoms with Gasteiger partial charge >= 0.3 is 0 Å². The van der Waals surface area contributed by atoms with Crippen LogP contribution in [0, 0.1) is 11.6 Å². The van der Waals surface area contributed by atoms with Gasteiger partial charge in [-0.15, -0.1) is 0 Å². The van der Waals surface area contributed by atoms with Gasteiger partial charge in [0.1, 0.15) is 11.6 Å². The van der Waals surface area contributed by atoms with E-state index in [1.54, 1.807) is 6.20 Å². The number of fused-ring (bicyclic) bond motifs is 1. The summed E-state index contributed by atoms with van der Waals surface area (Å²) >= 11 is 0. The van der Waals surface area contributed by atoms with Crippen LogP contribution in [0.2, 0.25) is 0 Å². The van der Waals surface area contributed by atoms with Crippen LogP contribution in [0.15, 0.2) is 41.7 Å². The van der Waals surface area contributed by atoms with Crippen molar-refractivity contribution in [3.05, 3.63) is 53.9 Å². The summed E-state index contributed by atoms with van der Waals surface area (Å²) in [6, 6.07) is 3.73. The predicted octanol–water partition coefficient (Wildman–Crippen LogP) is 2.63. The highest BCUT2D eigenvalue weighted by Gasteiger charge is 2.31. The molecule has 0 radical (unpaired) electrons. The molecule has 0 spiro atoms. The minimum Gasteiger partial charge on any atom is -0.359 e. The van der Waals surface area contributed by atoms with Gasteiger partial charge in [-0.2, -0.15) is 0 Å². The van der Waals surface area contributed by atoms with Crippen LogP contribution in [-0.2, 0) is 4.79 Å². The van der Waals surface area contributed by atoms with E-state index in [0.717, 1.165) is 30.2 Å². The Labute approximate surface area is 138 Å². The molecule has 4 rings (SSSR count). The van der Waals surface area contributed by atoms with Crippen molar-refractivity contribution < 1.29 is 13.6 Å². The molecule has 0 bridgehead atoms. The molecule has 24 heavy (non-hydrogen) atoms.